The molecular weight excluding hydrogens is 428 g/mol. The minimum atomic E-state index is -0.143. The summed E-state index contributed by atoms with van der Waals surface area (Å²) in [6.07, 6.45) is 8.41. The number of carbonyl (C=O) groups is 2. The molecule has 1 aliphatic heterocycles. The summed E-state index contributed by atoms with van der Waals surface area (Å²) in [6, 6.07) is 10.1. The van der Waals surface area contributed by atoms with E-state index >= 15 is 0 Å². The van der Waals surface area contributed by atoms with E-state index in [1.54, 1.807) is 23.3 Å². The van der Waals surface area contributed by atoms with Crippen LogP contribution in [0, 0.1) is 5.92 Å². The number of aromatic nitrogens is 3. The lowest BCUT2D eigenvalue weighted by molar-refractivity contribution is -0.135. The van der Waals surface area contributed by atoms with E-state index in [9.17, 15) is 9.59 Å². The van der Waals surface area contributed by atoms with Gasteiger partial charge in [-0.25, -0.2) is 4.98 Å². The van der Waals surface area contributed by atoms with Gasteiger partial charge in [-0.1, -0.05) is 31.2 Å². The molecule has 0 bridgehead atoms. The van der Waals surface area contributed by atoms with Crippen LogP contribution >= 0.6 is 0 Å². The van der Waals surface area contributed by atoms with Crippen LogP contribution in [-0.2, 0) is 24.3 Å². The molecule has 2 amide bonds. The highest BCUT2D eigenvalue weighted by Crippen LogP contribution is 2.33. The summed E-state index contributed by atoms with van der Waals surface area (Å²) in [4.78, 5) is 31.1. The lowest BCUT2D eigenvalue weighted by atomic mass is 9.98. The average molecular weight is 459 g/mol. The molecular formula is C26H30N6O2. The SMILES string of the molecule is CC1CCN(Cc2ccc(Cn3cc(C(=O)N[C@@H]4CCc5c4ccnc5N)cn3)cc2)C(=O)C1. The number of anilines is 1. The number of nitrogen functional groups attached to an aromatic ring is 1. The first kappa shape index (κ1) is 22.1. The van der Waals surface area contributed by atoms with Crippen molar-refractivity contribution in [2.75, 3.05) is 12.3 Å². The third-order valence-electron chi connectivity index (χ3n) is 6.89. The van der Waals surface area contributed by atoms with E-state index in [2.05, 4.69) is 46.6 Å². The fourth-order valence-electron chi connectivity index (χ4n) is 4.88. The molecule has 0 saturated carbocycles. The van der Waals surface area contributed by atoms with Crippen LogP contribution in [0.5, 0.6) is 0 Å². The largest absolute Gasteiger partial charge is 0.383 e. The Balaban J connectivity index is 1.17. The average Bonchev–Trinajstić information content (AvgIpc) is 3.45. The van der Waals surface area contributed by atoms with Gasteiger partial charge in [-0.3, -0.25) is 14.3 Å². The number of nitrogens with zero attached hydrogens (tertiary/aromatic N) is 4. The number of fused-ring (bicyclic) bond motifs is 1. The van der Waals surface area contributed by atoms with E-state index < -0.39 is 0 Å². The van der Waals surface area contributed by atoms with Crippen molar-refractivity contribution in [2.45, 2.75) is 51.7 Å². The molecule has 1 fully saturated rings. The third kappa shape index (κ3) is 4.66. The van der Waals surface area contributed by atoms with E-state index in [0.717, 1.165) is 48.1 Å². The van der Waals surface area contributed by atoms with E-state index in [4.69, 9.17) is 5.73 Å². The number of benzene rings is 1. The predicted molar refractivity (Wildman–Crippen MR) is 129 cm³/mol. The van der Waals surface area contributed by atoms with Crippen molar-refractivity contribution in [3.63, 3.8) is 0 Å². The van der Waals surface area contributed by atoms with Gasteiger partial charge in [0.05, 0.1) is 24.3 Å². The Morgan fingerprint density at radius 3 is 2.68 bits per heavy atom. The Morgan fingerprint density at radius 2 is 1.91 bits per heavy atom. The minimum Gasteiger partial charge on any atom is -0.383 e. The summed E-state index contributed by atoms with van der Waals surface area (Å²) in [5.74, 6) is 1.13. The van der Waals surface area contributed by atoms with Gasteiger partial charge in [-0.15, -0.1) is 0 Å². The molecule has 8 nitrogen and oxygen atoms in total. The molecule has 0 radical (unpaired) electrons. The van der Waals surface area contributed by atoms with Crippen molar-refractivity contribution in [1.82, 2.24) is 25.0 Å². The summed E-state index contributed by atoms with van der Waals surface area (Å²) in [6.45, 7) is 4.19. The number of nitrogens with one attached hydrogen (secondary N) is 1. The van der Waals surface area contributed by atoms with Crippen molar-refractivity contribution < 1.29 is 9.59 Å². The Labute approximate surface area is 199 Å². The topological polar surface area (TPSA) is 106 Å². The van der Waals surface area contributed by atoms with Gasteiger partial charge in [-0.2, -0.15) is 5.10 Å². The summed E-state index contributed by atoms with van der Waals surface area (Å²) in [5.41, 5.74) is 10.8. The molecule has 34 heavy (non-hydrogen) atoms. The molecule has 1 aliphatic carbocycles. The van der Waals surface area contributed by atoms with Gasteiger partial charge in [0.1, 0.15) is 5.82 Å². The first-order valence-electron chi connectivity index (χ1n) is 11.9. The normalized spacial score (nSPS) is 19.8. The molecule has 2 aliphatic rings. The summed E-state index contributed by atoms with van der Waals surface area (Å²) in [7, 11) is 0. The zero-order chi connectivity index (χ0) is 23.7. The van der Waals surface area contributed by atoms with Gasteiger partial charge in [0.25, 0.3) is 5.91 Å². The number of piperidine rings is 1. The van der Waals surface area contributed by atoms with E-state index in [-0.39, 0.29) is 17.9 Å². The van der Waals surface area contributed by atoms with E-state index in [1.165, 1.54) is 0 Å². The highest BCUT2D eigenvalue weighted by atomic mass is 16.2. The maximum atomic E-state index is 12.8. The molecule has 3 heterocycles. The number of carbonyl (C=O) groups excluding carboxylic acids is 2. The predicted octanol–water partition coefficient (Wildman–Crippen LogP) is 3.08. The van der Waals surface area contributed by atoms with Crippen molar-refractivity contribution in [2.24, 2.45) is 5.92 Å². The van der Waals surface area contributed by atoms with Gasteiger partial charge in [0.2, 0.25) is 5.91 Å². The third-order valence-corrected chi connectivity index (χ3v) is 6.89. The van der Waals surface area contributed by atoms with Crippen molar-refractivity contribution in [3.8, 4) is 0 Å². The smallest absolute Gasteiger partial charge is 0.254 e. The molecule has 5 rings (SSSR count). The highest BCUT2D eigenvalue weighted by molar-refractivity contribution is 5.94. The van der Waals surface area contributed by atoms with Crippen LogP contribution in [-0.4, -0.2) is 38.0 Å². The van der Waals surface area contributed by atoms with Crippen LogP contribution in [0.4, 0.5) is 5.82 Å². The zero-order valence-electron chi connectivity index (χ0n) is 19.4. The fraction of sp³-hybridized carbons (Fsp3) is 0.385. The maximum absolute atomic E-state index is 12.8. The summed E-state index contributed by atoms with van der Waals surface area (Å²) < 4.78 is 1.77. The van der Waals surface area contributed by atoms with E-state index in [1.807, 2.05) is 11.0 Å². The molecule has 1 saturated heterocycles. The van der Waals surface area contributed by atoms with Crippen LogP contribution in [0.3, 0.4) is 0 Å². The number of rotatable bonds is 6. The molecule has 1 aromatic carbocycles. The maximum Gasteiger partial charge on any atom is 0.254 e. The second kappa shape index (κ2) is 9.29. The van der Waals surface area contributed by atoms with Crippen LogP contribution in [0.15, 0.2) is 48.9 Å². The molecule has 1 unspecified atom stereocenters. The van der Waals surface area contributed by atoms with Gasteiger partial charge >= 0.3 is 0 Å². The molecule has 2 atom stereocenters. The molecule has 3 aromatic rings. The molecule has 3 N–H and O–H groups in total. The van der Waals surface area contributed by atoms with Gasteiger partial charge < -0.3 is 16.0 Å². The molecule has 0 spiro atoms. The highest BCUT2D eigenvalue weighted by Gasteiger charge is 2.26. The number of hydrogen-bond donors (Lipinski definition) is 2. The Kier molecular flexibility index (Phi) is 6.04. The van der Waals surface area contributed by atoms with Crippen molar-refractivity contribution >= 4 is 17.6 Å². The molecule has 8 heteroatoms. The molecule has 2 aromatic heterocycles. The lowest BCUT2D eigenvalue weighted by Crippen LogP contribution is -2.37. The van der Waals surface area contributed by atoms with Gasteiger partial charge in [-0.05, 0) is 53.5 Å². The zero-order valence-corrected chi connectivity index (χ0v) is 19.4. The Bertz CT molecular complexity index is 1200. The lowest BCUT2D eigenvalue weighted by Gasteiger charge is -2.30. The van der Waals surface area contributed by atoms with E-state index in [0.29, 0.717) is 36.8 Å². The Morgan fingerprint density at radius 1 is 1.15 bits per heavy atom. The summed E-state index contributed by atoms with van der Waals surface area (Å²) in [5, 5.41) is 7.47. The molecule has 176 valence electrons. The monoisotopic (exact) mass is 458 g/mol. The summed E-state index contributed by atoms with van der Waals surface area (Å²) >= 11 is 0. The van der Waals surface area contributed by atoms with Crippen LogP contribution < -0.4 is 11.1 Å². The van der Waals surface area contributed by atoms with Crippen molar-refractivity contribution in [1.29, 1.82) is 0 Å². The van der Waals surface area contributed by atoms with Crippen LogP contribution in [0.25, 0.3) is 0 Å². The minimum absolute atomic E-state index is 0.0568. The van der Waals surface area contributed by atoms with Gasteiger partial charge in [0.15, 0.2) is 0 Å². The number of amides is 2. The second-order valence-electron chi connectivity index (χ2n) is 9.49. The quantitative estimate of drug-likeness (QED) is 0.590. The van der Waals surface area contributed by atoms with Gasteiger partial charge in [0, 0.05) is 31.9 Å². The number of nitrogens with two attached hydrogens (primary N) is 1. The number of hydrogen-bond acceptors (Lipinski definition) is 5. The van der Waals surface area contributed by atoms with Crippen LogP contribution in [0.1, 0.15) is 64.8 Å². The second-order valence-corrected chi connectivity index (χ2v) is 9.49. The Hall–Kier alpha value is -3.68. The fourth-order valence-corrected chi connectivity index (χ4v) is 4.88. The first-order chi connectivity index (χ1) is 16.5. The number of likely N-dealkylation sites (tertiary alicyclic amines) is 1. The number of pyridine rings is 1. The van der Waals surface area contributed by atoms with Crippen LogP contribution in [0.2, 0.25) is 0 Å². The van der Waals surface area contributed by atoms with Crippen molar-refractivity contribution in [3.05, 3.63) is 76.7 Å². The standard InChI is InChI=1S/C26H30N6O2/c1-17-9-11-31(24(33)12-17)14-18-2-4-19(5-3-18)15-32-16-20(13-29-32)26(34)30-23-7-6-22-21(23)8-10-28-25(22)27/h2-5,8,10,13,16-17,23H,6-7,9,11-12,14-15H2,1H3,(H2,27,28)(H,30,34)/t17?,23-/m1/s1. The first-order valence-corrected chi connectivity index (χ1v) is 11.9.